The Bertz CT molecular complexity index is 317. The first-order valence-electron chi connectivity index (χ1n) is 6.57. The second kappa shape index (κ2) is 5.80. The van der Waals surface area contributed by atoms with Crippen LogP contribution in [0.3, 0.4) is 0 Å². The van der Waals surface area contributed by atoms with Crippen molar-refractivity contribution in [1.29, 1.82) is 0 Å². The molecule has 2 bridgehead atoms. The molecule has 2 fully saturated rings. The van der Waals surface area contributed by atoms with E-state index >= 15 is 0 Å². The highest BCUT2D eigenvalue weighted by Crippen LogP contribution is 2.44. The maximum absolute atomic E-state index is 11.1. The third-order valence-electron chi connectivity index (χ3n) is 4.00. The molecule has 2 aliphatic rings. The number of carbonyl (C=O) groups is 2. The molecule has 0 aromatic rings. The van der Waals surface area contributed by atoms with Crippen molar-refractivity contribution in [2.45, 2.75) is 50.9 Å². The molecule has 102 valence electrons. The Morgan fingerprint density at radius 3 is 2.89 bits per heavy atom. The summed E-state index contributed by atoms with van der Waals surface area (Å²) in [6.07, 6.45) is 3.75. The SMILES string of the molecule is CC(OCCCC(=O)O)C1C2CCC(O2)C1C=O. The van der Waals surface area contributed by atoms with Crippen molar-refractivity contribution in [1.82, 2.24) is 0 Å². The lowest BCUT2D eigenvalue weighted by atomic mass is 9.77. The molecule has 5 heteroatoms. The Labute approximate surface area is 106 Å². The highest BCUT2D eigenvalue weighted by atomic mass is 16.5. The lowest BCUT2D eigenvalue weighted by Crippen LogP contribution is -2.37. The van der Waals surface area contributed by atoms with Crippen molar-refractivity contribution in [2.75, 3.05) is 6.61 Å². The van der Waals surface area contributed by atoms with Gasteiger partial charge in [0.2, 0.25) is 0 Å². The lowest BCUT2D eigenvalue weighted by molar-refractivity contribution is -0.137. The van der Waals surface area contributed by atoms with Gasteiger partial charge >= 0.3 is 5.97 Å². The summed E-state index contributed by atoms with van der Waals surface area (Å²) >= 11 is 0. The number of ether oxygens (including phenoxy) is 2. The smallest absolute Gasteiger partial charge is 0.303 e. The second-order valence-electron chi connectivity index (χ2n) is 5.15. The van der Waals surface area contributed by atoms with E-state index in [1.165, 1.54) is 0 Å². The van der Waals surface area contributed by atoms with Crippen molar-refractivity contribution in [3.05, 3.63) is 0 Å². The van der Waals surface area contributed by atoms with Gasteiger partial charge in [-0.05, 0) is 26.2 Å². The molecule has 5 unspecified atom stereocenters. The standard InChI is InChI=1S/C13H20O5/c1-8(17-6-2-3-12(15)16)13-9(7-14)10-4-5-11(13)18-10/h7-11,13H,2-6H2,1H3,(H,15,16). The number of rotatable bonds is 7. The molecule has 0 aliphatic carbocycles. The van der Waals surface area contributed by atoms with Crippen LogP contribution in [0.25, 0.3) is 0 Å². The van der Waals surface area contributed by atoms with Gasteiger partial charge in [0, 0.05) is 24.9 Å². The van der Waals surface area contributed by atoms with Crippen LogP contribution < -0.4 is 0 Å². The molecular formula is C13H20O5. The molecule has 0 radical (unpaired) electrons. The summed E-state index contributed by atoms with van der Waals surface area (Å²) in [6, 6.07) is 0. The van der Waals surface area contributed by atoms with Crippen molar-refractivity contribution >= 4 is 12.3 Å². The summed E-state index contributed by atoms with van der Waals surface area (Å²) in [7, 11) is 0. The Hall–Kier alpha value is -0.940. The van der Waals surface area contributed by atoms with E-state index in [2.05, 4.69) is 0 Å². The van der Waals surface area contributed by atoms with Gasteiger partial charge in [-0.15, -0.1) is 0 Å². The van der Waals surface area contributed by atoms with E-state index in [4.69, 9.17) is 14.6 Å². The van der Waals surface area contributed by atoms with E-state index in [0.717, 1.165) is 19.1 Å². The van der Waals surface area contributed by atoms with Crippen LogP contribution in [0.5, 0.6) is 0 Å². The minimum atomic E-state index is -0.805. The lowest BCUT2D eigenvalue weighted by Gasteiger charge is -2.29. The molecule has 2 heterocycles. The van der Waals surface area contributed by atoms with Gasteiger partial charge in [0.15, 0.2) is 0 Å². The number of carbonyl (C=O) groups excluding carboxylic acids is 1. The molecule has 2 aliphatic heterocycles. The van der Waals surface area contributed by atoms with Gasteiger partial charge in [0.25, 0.3) is 0 Å². The summed E-state index contributed by atoms with van der Waals surface area (Å²) in [6.45, 7) is 2.37. The fourth-order valence-corrected chi connectivity index (χ4v) is 3.15. The first-order valence-corrected chi connectivity index (χ1v) is 6.57. The maximum atomic E-state index is 11.1. The van der Waals surface area contributed by atoms with Gasteiger partial charge < -0.3 is 19.4 Å². The number of hydrogen-bond donors (Lipinski definition) is 1. The van der Waals surface area contributed by atoms with Crippen molar-refractivity contribution in [3.8, 4) is 0 Å². The molecular weight excluding hydrogens is 236 g/mol. The second-order valence-corrected chi connectivity index (χ2v) is 5.15. The average Bonchev–Trinajstić information content (AvgIpc) is 2.93. The van der Waals surface area contributed by atoms with Crippen LogP contribution in [0.4, 0.5) is 0 Å². The van der Waals surface area contributed by atoms with Crippen LogP contribution >= 0.6 is 0 Å². The summed E-state index contributed by atoms with van der Waals surface area (Å²) < 4.78 is 11.4. The summed E-state index contributed by atoms with van der Waals surface area (Å²) in [5.74, 6) is -0.732. The van der Waals surface area contributed by atoms with Crippen molar-refractivity contribution < 1.29 is 24.2 Å². The number of aliphatic carboxylic acids is 1. The Morgan fingerprint density at radius 1 is 1.50 bits per heavy atom. The molecule has 5 atom stereocenters. The molecule has 1 N–H and O–H groups in total. The largest absolute Gasteiger partial charge is 0.481 e. The van der Waals surface area contributed by atoms with Gasteiger partial charge in [-0.2, -0.15) is 0 Å². The van der Waals surface area contributed by atoms with Gasteiger partial charge in [0.05, 0.1) is 18.3 Å². The molecule has 0 aromatic carbocycles. The molecule has 0 saturated carbocycles. The van der Waals surface area contributed by atoms with Crippen LogP contribution in [-0.2, 0) is 19.1 Å². The van der Waals surface area contributed by atoms with E-state index in [-0.39, 0.29) is 36.6 Å². The fraction of sp³-hybridized carbons (Fsp3) is 0.846. The minimum Gasteiger partial charge on any atom is -0.481 e. The first-order chi connectivity index (χ1) is 8.63. The van der Waals surface area contributed by atoms with Crippen LogP contribution in [-0.4, -0.2) is 42.3 Å². The molecule has 0 amide bonds. The number of carboxylic acid groups (broad SMARTS) is 1. The number of fused-ring (bicyclic) bond motifs is 2. The maximum Gasteiger partial charge on any atom is 0.303 e. The predicted octanol–water partition coefficient (Wildman–Crippen LogP) is 1.25. The quantitative estimate of drug-likeness (QED) is 0.548. The Balaban J connectivity index is 1.79. The third-order valence-corrected chi connectivity index (χ3v) is 4.00. The van der Waals surface area contributed by atoms with Gasteiger partial charge in [-0.25, -0.2) is 0 Å². The number of aldehydes is 1. The van der Waals surface area contributed by atoms with Crippen LogP contribution in [0.1, 0.15) is 32.6 Å². The topological polar surface area (TPSA) is 72.8 Å². The van der Waals surface area contributed by atoms with E-state index in [1.807, 2.05) is 6.92 Å². The van der Waals surface area contributed by atoms with Gasteiger partial charge in [-0.1, -0.05) is 0 Å². The predicted molar refractivity (Wildman–Crippen MR) is 63.2 cm³/mol. The summed E-state index contributed by atoms with van der Waals surface area (Å²) in [5, 5.41) is 8.53. The van der Waals surface area contributed by atoms with Crippen LogP contribution in [0.15, 0.2) is 0 Å². The Morgan fingerprint density at radius 2 is 2.22 bits per heavy atom. The van der Waals surface area contributed by atoms with Gasteiger partial charge in [-0.3, -0.25) is 4.79 Å². The fourth-order valence-electron chi connectivity index (χ4n) is 3.15. The zero-order valence-electron chi connectivity index (χ0n) is 10.6. The average molecular weight is 256 g/mol. The molecule has 2 rings (SSSR count). The van der Waals surface area contributed by atoms with E-state index in [1.54, 1.807) is 0 Å². The summed E-state index contributed by atoms with van der Waals surface area (Å²) in [5.41, 5.74) is 0. The highest BCUT2D eigenvalue weighted by molar-refractivity contribution is 5.66. The number of hydrogen-bond acceptors (Lipinski definition) is 4. The molecule has 5 nitrogen and oxygen atoms in total. The zero-order chi connectivity index (χ0) is 13.1. The third kappa shape index (κ3) is 2.72. The molecule has 2 saturated heterocycles. The first kappa shape index (κ1) is 13.5. The van der Waals surface area contributed by atoms with Crippen LogP contribution in [0, 0.1) is 11.8 Å². The van der Waals surface area contributed by atoms with E-state index in [0.29, 0.717) is 13.0 Å². The Kier molecular flexibility index (Phi) is 4.35. The number of carboxylic acids is 1. The van der Waals surface area contributed by atoms with E-state index < -0.39 is 5.97 Å². The van der Waals surface area contributed by atoms with Gasteiger partial charge in [0.1, 0.15) is 6.29 Å². The van der Waals surface area contributed by atoms with Crippen LogP contribution in [0.2, 0.25) is 0 Å². The minimum absolute atomic E-state index is 0.0516. The normalized spacial score (nSPS) is 35.6. The monoisotopic (exact) mass is 256 g/mol. The van der Waals surface area contributed by atoms with Crippen molar-refractivity contribution in [2.24, 2.45) is 11.8 Å². The van der Waals surface area contributed by atoms with E-state index in [9.17, 15) is 9.59 Å². The molecule has 0 aromatic heterocycles. The zero-order valence-corrected chi connectivity index (χ0v) is 10.6. The molecule has 0 spiro atoms. The molecule has 18 heavy (non-hydrogen) atoms. The van der Waals surface area contributed by atoms with Crippen molar-refractivity contribution in [3.63, 3.8) is 0 Å². The highest BCUT2D eigenvalue weighted by Gasteiger charge is 2.51. The summed E-state index contributed by atoms with van der Waals surface area (Å²) in [4.78, 5) is 21.5.